The van der Waals surface area contributed by atoms with E-state index >= 15 is 0 Å². The largest absolute Gasteiger partial charge is 0.309 e. The highest BCUT2D eigenvalue weighted by Gasteiger charge is 2.20. The maximum atomic E-state index is 2.44. The Balaban J connectivity index is 1.11. The van der Waals surface area contributed by atoms with Crippen LogP contribution >= 0.6 is 0 Å². The van der Waals surface area contributed by atoms with Gasteiger partial charge in [-0.3, -0.25) is 0 Å². The van der Waals surface area contributed by atoms with Crippen molar-refractivity contribution in [3.8, 4) is 67.0 Å². The molecule has 0 saturated heterocycles. The van der Waals surface area contributed by atoms with Crippen molar-refractivity contribution in [1.29, 1.82) is 0 Å². The van der Waals surface area contributed by atoms with Crippen molar-refractivity contribution in [1.82, 2.24) is 9.13 Å². The summed E-state index contributed by atoms with van der Waals surface area (Å²) in [5.41, 5.74) is 18.9. The fourth-order valence-electron chi connectivity index (χ4n) is 9.72. The Morgan fingerprint density at radius 2 is 0.532 bits per heavy atom. The van der Waals surface area contributed by atoms with E-state index in [4.69, 9.17) is 0 Å². The number of para-hydroxylation sites is 4. The fourth-order valence-corrected chi connectivity index (χ4v) is 9.72. The van der Waals surface area contributed by atoms with Crippen LogP contribution in [0.5, 0.6) is 0 Å². The second-order valence-corrected chi connectivity index (χ2v) is 16.1. The van der Waals surface area contributed by atoms with Crippen molar-refractivity contribution in [2.45, 2.75) is 0 Å². The summed E-state index contributed by atoms with van der Waals surface area (Å²) in [5, 5.41) is 4.99. The van der Waals surface area contributed by atoms with Gasteiger partial charge in [0.15, 0.2) is 0 Å². The lowest BCUT2D eigenvalue weighted by atomic mass is 9.84. The summed E-state index contributed by atoms with van der Waals surface area (Å²) in [6.45, 7) is 0. The van der Waals surface area contributed by atoms with Gasteiger partial charge in [-0.05, 0) is 116 Å². The number of fused-ring (bicyclic) bond motifs is 6. The van der Waals surface area contributed by atoms with Crippen molar-refractivity contribution in [2.24, 2.45) is 0 Å². The van der Waals surface area contributed by atoms with Crippen LogP contribution in [0.1, 0.15) is 0 Å². The quantitative estimate of drug-likeness (QED) is 0.152. The van der Waals surface area contributed by atoms with E-state index in [1.165, 1.54) is 82.6 Å². The first-order chi connectivity index (χ1) is 30.8. The molecule has 290 valence electrons. The summed E-state index contributed by atoms with van der Waals surface area (Å²) in [6, 6.07) is 88.6. The molecule has 0 saturated carbocycles. The summed E-state index contributed by atoms with van der Waals surface area (Å²) in [6.07, 6.45) is 0. The van der Waals surface area contributed by atoms with Crippen molar-refractivity contribution in [3.63, 3.8) is 0 Å². The molecule has 2 heteroatoms. The van der Waals surface area contributed by atoms with Crippen molar-refractivity contribution in [3.05, 3.63) is 243 Å². The summed E-state index contributed by atoms with van der Waals surface area (Å²) in [7, 11) is 0. The minimum absolute atomic E-state index is 1.12. The second kappa shape index (κ2) is 14.8. The highest BCUT2D eigenvalue weighted by molar-refractivity contribution is 6.11. The highest BCUT2D eigenvalue weighted by atomic mass is 15.0. The van der Waals surface area contributed by atoms with Crippen LogP contribution in [0.25, 0.3) is 111 Å². The Kier molecular flexibility index (Phi) is 8.53. The predicted octanol–water partition coefficient (Wildman–Crippen LogP) is 16.2. The van der Waals surface area contributed by atoms with Crippen LogP contribution in [0.3, 0.4) is 0 Å². The van der Waals surface area contributed by atoms with E-state index < -0.39 is 0 Å². The van der Waals surface area contributed by atoms with Gasteiger partial charge in [-0.2, -0.15) is 0 Å². The average Bonchev–Trinajstić information content (AvgIpc) is 3.87. The van der Waals surface area contributed by atoms with E-state index in [-0.39, 0.29) is 0 Å². The van der Waals surface area contributed by atoms with Gasteiger partial charge in [0.2, 0.25) is 0 Å². The average molecular weight is 789 g/mol. The monoisotopic (exact) mass is 788 g/mol. The van der Waals surface area contributed by atoms with Crippen LogP contribution in [-0.4, -0.2) is 9.13 Å². The molecular weight excluding hydrogens is 749 g/mol. The molecule has 0 fully saturated rings. The topological polar surface area (TPSA) is 9.86 Å². The first kappa shape index (κ1) is 35.7. The van der Waals surface area contributed by atoms with Gasteiger partial charge in [0.05, 0.1) is 22.1 Å². The summed E-state index contributed by atoms with van der Waals surface area (Å²) in [4.78, 5) is 0. The Hall–Kier alpha value is -8.20. The van der Waals surface area contributed by atoms with E-state index in [1.54, 1.807) is 0 Å². The van der Waals surface area contributed by atoms with E-state index in [0.29, 0.717) is 0 Å². The van der Waals surface area contributed by atoms with Gasteiger partial charge in [-0.25, -0.2) is 0 Å². The van der Waals surface area contributed by atoms with Crippen molar-refractivity contribution < 1.29 is 0 Å². The van der Waals surface area contributed by atoms with Crippen LogP contribution in [0.15, 0.2) is 243 Å². The second-order valence-electron chi connectivity index (χ2n) is 16.1. The Labute approximate surface area is 360 Å². The zero-order valence-corrected chi connectivity index (χ0v) is 34.0. The standard InChI is InChI=1S/C60H40N2/c1-4-19-41(20-5-1)54-38-47(39-55(42-21-6-2-7-22-42)60(54)43-23-8-3-9-24-43)45-26-18-25-44(35-45)46-36-48(61-56-31-14-10-27-50(56)51-28-11-15-32-57(51)61)40-49(37-46)62-58-33-16-12-29-52(58)53-30-13-17-34-59(53)62/h1-40H. The van der Waals surface area contributed by atoms with Gasteiger partial charge < -0.3 is 9.13 Å². The third-order valence-electron chi connectivity index (χ3n) is 12.5. The van der Waals surface area contributed by atoms with Crippen LogP contribution in [0.4, 0.5) is 0 Å². The number of nitrogens with zero attached hydrogens (tertiary/aromatic N) is 2. The molecule has 2 aromatic heterocycles. The first-order valence-corrected chi connectivity index (χ1v) is 21.3. The Morgan fingerprint density at radius 3 is 0.935 bits per heavy atom. The van der Waals surface area contributed by atoms with Crippen LogP contribution < -0.4 is 0 Å². The zero-order valence-electron chi connectivity index (χ0n) is 34.0. The lowest BCUT2D eigenvalue weighted by Gasteiger charge is -2.19. The minimum atomic E-state index is 1.12. The van der Waals surface area contributed by atoms with Gasteiger partial charge in [-0.15, -0.1) is 0 Å². The number of aromatic nitrogens is 2. The molecule has 0 aliphatic heterocycles. The summed E-state index contributed by atoms with van der Waals surface area (Å²) < 4.78 is 4.88. The molecule has 12 rings (SSSR count). The number of rotatable bonds is 7. The third-order valence-corrected chi connectivity index (χ3v) is 12.5. The van der Waals surface area contributed by atoms with E-state index in [1.807, 2.05) is 0 Å². The van der Waals surface area contributed by atoms with Crippen LogP contribution in [0.2, 0.25) is 0 Å². The van der Waals surface area contributed by atoms with E-state index in [2.05, 4.69) is 252 Å². The number of benzene rings is 10. The molecule has 0 bridgehead atoms. The predicted molar refractivity (Wildman–Crippen MR) is 262 cm³/mol. The van der Waals surface area contributed by atoms with Crippen molar-refractivity contribution >= 4 is 43.6 Å². The first-order valence-electron chi connectivity index (χ1n) is 21.3. The smallest absolute Gasteiger partial charge is 0.0541 e. The summed E-state index contributed by atoms with van der Waals surface area (Å²) in [5.74, 6) is 0. The van der Waals surface area contributed by atoms with Crippen LogP contribution in [-0.2, 0) is 0 Å². The van der Waals surface area contributed by atoms with Crippen LogP contribution in [0, 0.1) is 0 Å². The molecule has 12 aromatic rings. The fraction of sp³-hybridized carbons (Fsp3) is 0. The Morgan fingerprint density at radius 1 is 0.210 bits per heavy atom. The molecule has 0 aliphatic rings. The maximum Gasteiger partial charge on any atom is 0.0541 e. The molecule has 0 spiro atoms. The zero-order chi connectivity index (χ0) is 41.0. The highest BCUT2D eigenvalue weighted by Crippen LogP contribution is 2.44. The molecule has 2 heterocycles. The number of hydrogen-bond acceptors (Lipinski definition) is 0. The molecule has 10 aromatic carbocycles. The Bertz CT molecular complexity index is 3310. The molecule has 62 heavy (non-hydrogen) atoms. The summed E-state index contributed by atoms with van der Waals surface area (Å²) >= 11 is 0. The minimum Gasteiger partial charge on any atom is -0.309 e. The van der Waals surface area contributed by atoms with Gasteiger partial charge in [0.1, 0.15) is 0 Å². The maximum absolute atomic E-state index is 2.44. The van der Waals surface area contributed by atoms with E-state index in [0.717, 1.165) is 28.1 Å². The molecule has 0 radical (unpaired) electrons. The molecule has 2 nitrogen and oxygen atoms in total. The number of hydrogen-bond donors (Lipinski definition) is 0. The molecule has 0 amide bonds. The molecule has 0 N–H and O–H groups in total. The van der Waals surface area contributed by atoms with Crippen molar-refractivity contribution in [2.75, 3.05) is 0 Å². The lowest BCUT2D eigenvalue weighted by molar-refractivity contribution is 1.13. The van der Waals surface area contributed by atoms with Gasteiger partial charge in [0, 0.05) is 32.9 Å². The molecule has 0 unspecified atom stereocenters. The van der Waals surface area contributed by atoms with Gasteiger partial charge in [0.25, 0.3) is 0 Å². The normalized spacial score (nSPS) is 11.5. The third kappa shape index (κ3) is 5.96. The SMILES string of the molecule is c1ccc(-c2cc(-c3cccc(-c4cc(-n5c6ccccc6c6ccccc65)cc(-n5c6ccccc6c6ccccc65)c4)c3)cc(-c3ccccc3)c2-c2ccccc2)cc1. The molecule has 0 aliphatic carbocycles. The van der Waals surface area contributed by atoms with Gasteiger partial charge >= 0.3 is 0 Å². The van der Waals surface area contributed by atoms with Gasteiger partial charge in [-0.1, -0.05) is 182 Å². The molecule has 0 atom stereocenters. The lowest BCUT2D eigenvalue weighted by Crippen LogP contribution is -2.00. The molecular formula is C60H40N2. The van der Waals surface area contributed by atoms with E-state index in [9.17, 15) is 0 Å².